The van der Waals surface area contributed by atoms with E-state index in [0.29, 0.717) is 36.7 Å². The van der Waals surface area contributed by atoms with Crippen LogP contribution in [0, 0.1) is 5.92 Å². The molecule has 2 aromatic heterocycles. The molecule has 0 spiro atoms. The van der Waals surface area contributed by atoms with Gasteiger partial charge in [-0.15, -0.1) is 0 Å². The van der Waals surface area contributed by atoms with Crippen molar-refractivity contribution in [2.45, 2.75) is 44.5 Å². The number of carbonyl (C=O) groups is 1. The Balaban J connectivity index is 1.07. The minimum absolute atomic E-state index is 0.184. The van der Waals surface area contributed by atoms with E-state index in [4.69, 9.17) is 9.72 Å². The highest BCUT2D eigenvalue weighted by Gasteiger charge is 2.36. The number of likely N-dealkylation sites (tertiary alicyclic amines) is 1. The maximum atomic E-state index is 14.3. The Hall–Kier alpha value is -3.40. The summed E-state index contributed by atoms with van der Waals surface area (Å²) in [6.07, 6.45) is 4.96. The van der Waals surface area contributed by atoms with Crippen LogP contribution in [-0.2, 0) is 6.54 Å². The van der Waals surface area contributed by atoms with E-state index in [-0.39, 0.29) is 12.0 Å². The number of pyridine rings is 1. The van der Waals surface area contributed by atoms with Crippen molar-refractivity contribution in [1.29, 1.82) is 0 Å². The van der Waals surface area contributed by atoms with Crippen LogP contribution in [-0.4, -0.2) is 70.2 Å². The van der Waals surface area contributed by atoms with Crippen molar-refractivity contribution in [3.8, 4) is 16.3 Å². The number of anilines is 1. The van der Waals surface area contributed by atoms with Crippen molar-refractivity contribution in [2.75, 3.05) is 38.0 Å². The number of nitrogens with one attached hydrogen (secondary N) is 1. The molecule has 8 rings (SSSR count). The molecule has 4 aliphatic heterocycles. The third kappa shape index (κ3) is 5.71. The first-order chi connectivity index (χ1) is 19.9. The third-order valence-corrected chi connectivity index (χ3v) is 9.61. The smallest absolute Gasteiger partial charge is 0.255 e. The Morgan fingerprint density at radius 3 is 2.78 bits per heavy atom. The number of carbonyl (C=O) groups excluding carboxylic acids is 1. The van der Waals surface area contributed by atoms with Crippen molar-refractivity contribution in [3.63, 3.8) is 0 Å². The number of nitrogens with zero attached hydrogens (tertiary/aromatic N) is 4. The van der Waals surface area contributed by atoms with E-state index < -0.39 is 5.67 Å². The molecule has 2 unspecified atom stereocenters. The van der Waals surface area contributed by atoms with Crippen LogP contribution in [0.1, 0.15) is 42.1 Å². The molecule has 6 heterocycles. The van der Waals surface area contributed by atoms with Crippen LogP contribution in [0.4, 0.5) is 10.1 Å². The van der Waals surface area contributed by atoms with Crippen molar-refractivity contribution in [3.05, 3.63) is 71.9 Å². The van der Waals surface area contributed by atoms with Crippen molar-refractivity contribution in [1.82, 2.24) is 19.8 Å². The molecule has 41 heavy (non-hydrogen) atoms. The number of aromatic nitrogens is 2. The number of para-hydroxylation sites is 1. The van der Waals surface area contributed by atoms with Gasteiger partial charge < -0.3 is 10.1 Å². The van der Waals surface area contributed by atoms with Crippen molar-refractivity contribution < 1.29 is 13.9 Å². The molecule has 0 saturated carbocycles. The average molecular weight is 572 g/mol. The van der Waals surface area contributed by atoms with Gasteiger partial charge in [0.1, 0.15) is 32.9 Å². The van der Waals surface area contributed by atoms with Gasteiger partial charge >= 0.3 is 0 Å². The lowest BCUT2D eigenvalue weighted by Crippen LogP contribution is -2.52. The zero-order valence-electron chi connectivity index (χ0n) is 23.2. The summed E-state index contributed by atoms with van der Waals surface area (Å²) in [6, 6.07) is 17.2. The maximum absolute atomic E-state index is 14.3. The molecule has 1 amide bonds. The summed E-state index contributed by atoms with van der Waals surface area (Å²) in [5, 5.41) is 3.89. The Morgan fingerprint density at radius 2 is 2.00 bits per heavy atom. The van der Waals surface area contributed by atoms with E-state index in [2.05, 4.69) is 20.1 Å². The Kier molecular flexibility index (Phi) is 6.97. The zero-order valence-corrected chi connectivity index (χ0v) is 24.0. The standard InChI is InChI=1S/C32H34FN5O2S/c1-32(33)11-14-38(20-32)18-21-15-27-31(34-17-21)41-30(36-27)25-7-2-3-8-26(25)35-29(39)23-5-4-6-24(16-23)40-28-19-37-12-9-22(28)10-13-37/h2-8,15-17,22,28H,9-14,18-20H2,1H3,(H,35,39). The Bertz CT molecular complexity index is 1580. The number of ether oxygens (including phenoxy) is 1. The number of alkyl halides is 1. The van der Waals surface area contributed by atoms with Gasteiger partial charge in [0.05, 0.1) is 5.69 Å². The molecule has 2 aromatic carbocycles. The maximum Gasteiger partial charge on any atom is 0.255 e. The van der Waals surface area contributed by atoms with Crippen LogP contribution in [0.3, 0.4) is 0 Å². The first-order valence-electron chi connectivity index (χ1n) is 14.5. The second-order valence-electron chi connectivity index (χ2n) is 11.9. The van der Waals surface area contributed by atoms with Gasteiger partial charge in [0.15, 0.2) is 0 Å². The molecule has 4 aliphatic rings. The zero-order chi connectivity index (χ0) is 28.0. The number of fused-ring (bicyclic) bond motifs is 4. The number of amides is 1. The predicted molar refractivity (Wildman–Crippen MR) is 160 cm³/mol. The van der Waals surface area contributed by atoms with Gasteiger partial charge in [-0.05, 0) is 87.2 Å². The first-order valence-corrected chi connectivity index (χ1v) is 15.3. The lowest BCUT2D eigenvalue weighted by atomic mass is 9.86. The molecule has 7 nitrogen and oxygen atoms in total. The summed E-state index contributed by atoms with van der Waals surface area (Å²) in [5.41, 5.74) is 2.80. The molecular formula is C32H34FN5O2S. The topological polar surface area (TPSA) is 70.6 Å². The summed E-state index contributed by atoms with van der Waals surface area (Å²) < 4.78 is 20.6. The molecule has 9 heteroatoms. The number of benzene rings is 2. The molecule has 0 radical (unpaired) electrons. The van der Waals surface area contributed by atoms with Crippen molar-refractivity contribution in [2.24, 2.45) is 5.92 Å². The highest BCUT2D eigenvalue weighted by Crippen LogP contribution is 2.35. The molecule has 4 aromatic rings. The molecule has 1 N–H and O–H groups in total. The largest absolute Gasteiger partial charge is 0.489 e. The highest BCUT2D eigenvalue weighted by atomic mass is 32.1. The number of hydrogen-bond donors (Lipinski definition) is 1. The fourth-order valence-electron chi connectivity index (χ4n) is 6.38. The molecule has 212 valence electrons. The number of rotatable bonds is 7. The van der Waals surface area contributed by atoms with E-state index in [0.717, 1.165) is 58.4 Å². The normalized spacial score (nSPS) is 26.0. The second-order valence-corrected chi connectivity index (χ2v) is 12.9. The average Bonchev–Trinajstić information content (AvgIpc) is 3.56. The van der Waals surface area contributed by atoms with Gasteiger partial charge in [0.2, 0.25) is 0 Å². The number of piperidine rings is 3. The lowest BCUT2D eigenvalue weighted by Gasteiger charge is -2.44. The number of halogens is 1. The summed E-state index contributed by atoms with van der Waals surface area (Å²) in [5.74, 6) is 1.14. The van der Waals surface area contributed by atoms with Gasteiger partial charge in [-0.2, -0.15) is 0 Å². The first kappa shape index (κ1) is 26.5. The highest BCUT2D eigenvalue weighted by molar-refractivity contribution is 7.21. The van der Waals surface area contributed by atoms with Crippen LogP contribution in [0.15, 0.2) is 60.8 Å². The fourth-order valence-corrected chi connectivity index (χ4v) is 7.31. The minimum Gasteiger partial charge on any atom is -0.489 e. The SMILES string of the molecule is CC1(F)CCN(Cc2cnc3sc(-c4ccccc4NC(=O)c4cccc(OC5CN6CCC5CC6)c4)nc3c2)C1. The van der Waals surface area contributed by atoms with Crippen LogP contribution >= 0.6 is 11.3 Å². The Labute approximate surface area is 243 Å². The van der Waals surface area contributed by atoms with Crippen LogP contribution in [0.25, 0.3) is 20.9 Å². The fraction of sp³-hybridized carbons (Fsp3) is 0.406. The summed E-state index contributed by atoms with van der Waals surface area (Å²) in [4.78, 5) is 28.3. The van der Waals surface area contributed by atoms with Gasteiger partial charge in [-0.3, -0.25) is 14.6 Å². The monoisotopic (exact) mass is 571 g/mol. The minimum atomic E-state index is -1.12. The van der Waals surface area contributed by atoms with Crippen LogP contribution in [0.5, 0.6) is 5.75 Å². The lowest BCUT2D eigenvalue weighted by molar-refractivity contribution is -0.00778. The summed E-state index contributed by atoms with van der Waals surface area (Å²) in [6.45, 7) is 6.80. The summed E-state index contributed by atoms with van der Waals surface area (Å²) >= 11 is 1.50. The molecule has 2 bridgehead atoms. The van der Waals surface area contributed by atoms with E-state index >= 15 is 0 Å². The van der Waals surface area contributed by atoms with E-state index in [1.54, 1.807) is 6.92 Å². The third-order valence-electron chi connectivity index (χ3n) is 8.60. The molecular weight excluding hydrogens is 537 g/mol. The quantitative estimate of drug-likeness (QED) is 0.293. The van der Waals surface area contributed by atoms with Crippen molar-refractivity contribution >= 4 is 33.3 Å². The molecule has 4 saturated heterocycles. The van der Waals surface area contributed by atoms with Gasteiger partial charge in [-0.1, -0.05) is 29.5 Å². The van der Waals surface area contributed by atoms with Crippen LogP contribution < -0.4 is 10.1 Å². The number of thiazole rings is 1. The van der Waals surface area contributed by atoms with Gasteiger partial charge in [-0.25, -0.2) is 14.4 Å². The molecule has 0 aliphatic carbocycles. The van der Waals surface area contributed by atoms with Gasteiger partial charge in [0.25, 0.3) is 5.91 Å². The van der Waals surface area contributed by atoms with E-state index in [9.17, 15) is 9.18 Å². The van der Waals surface area contributed by atoms with Gasteiger partial charge in [0, 0.05) is 43.5 Å². The molecule has 4 fully saturated rings. The predicted octanol–water partition coefficient (Wildman–Crippen LogP) is 6.02. The van der Waals surface area contributed by atoms with E-state index in [1.165, 1.54) is 24.2 Å². The van der Waals surface area contributed by atoms with Crippen LogP contribution in [0.2, 0.25) is 0 Å². The number of hydrogen-bond acceptors (Lipinski definition) is 7. The summed E-state index contributed by atoms with van der Waals surface area (Å²) in [7, 11) is 0. The Morgan fingerprint density at radius 1 is 1.15 bits per heavy atom. The second kappa shape index (κ2) is 10.8. The molecule has 2 atom stereocenters. The van der Waals surface area contributed by atoms with E-state index in [1.807, 2.05) is 60.8 Å².